The first-order valence-electron chi connectivity index (χ1n) is 5.90. The largest absolute Gasteiger partial charge is 0.444 e. The molecule has 1 fully saturated rings. The van der Waals surface area contributed by atoms with Crippen molar-refractivity contribution in [3.8, 4) is 0 Å². The molecule has 1 amide bonds. The summed E-state index contributed by atoms with van der Waals surface area (Å²) in [6, 6.07) is 0.260. The SMILES string of the molecule is CC(C)(C)OC(=O)N1CC(NCc2ncon2)C1. The van der Waals surface area contributed by atoms with Crippen molar-refractivity contribution < 1.29 is 14.1 Å². The van der Waals surface area contributed by atoms with Crippen LogP contribution >= 0.6 is 0 Å². The predicted octanol–water partition coefficient (Wildman–Crippen LogP) is 0.778. The highest BCUT2D eigenvalue weighted by molar-refractivity contribution is 5.69. The summed E-state index contributed by atoms with van der Waals surface area (Å²) in [6.45, 7) is 7.41. The normalized spacial score (nSPS) is 16.5. The number of amides is 1. The Hall–Kier alpha value is -1.63. The summed E-state index contributed by atoms with van der Waals surface area (Å²) in [5.41, 5.74) is -0.444. The number of carbonyl (C=O) groups is 1. The lowest BCUT2D eigenvalue weighted by atomic mass is 10.1. The summed E-state index contributed by atoms with van der Waals surface area (Å²) < 4.78 is 9.89. The summed E-state index contributed by atoms with van der Waals surface area (Å²) in [6.07, 6.45) is 1.03. The summed E-state index contributed by atoms with van der Waals surface area (Å²) >= 11 is 0. The van der Waals surface area contributed by atoms with E-state index in [-0.39, 0.29) is 12.1 Å². The van der Waals surface area contributed by atoms with Crippen molar-refractivity contribution in [1.29, 1.82) is 0 Å². The molecule has 1 aliphatic heterocycles. The van der Waals surface area contributed by atoms with Gasteiger partial charge in [-0.05, 0) is 20.8 Å². The molecule has 2 heterocycles. The van der Waals surface area contributed by atoms with Gasteiger partial charge in [-0.2, -0.15) is 4.98 Å². The van der Waals surface area contributed by atoms with Crippen molar-refractivity contribution in [2.45, 2.75) is 39.0 Å². The number of likely N-dealkylation sites (tertiary alicyclic amines) is 1. The highest BCUT2D eigenvalue weighted by Gasteiger charge is 2.33. The average Bonchev–Trinajstić information content (AvgIpc) is 2.64. The van der Waals surface area contributed by atoms with Crippen LogP contribution in [-0.2, 0) is 11.3 Å². The van der Waals surface area contributed by atoms with E-state index in [1.165, 1.54) is 6.39 Å². The molecule has 0 aliphatic carbocycles. The van der Waals surface area contributed by atoms with Crippen LogP contribution in [0.4, 0.5) is 4.79 Å². The Balaban J connectivity index is 1.66. The molecule has 7 nitrogen and oxygen atoms in total. The molecule has 0 radical (unpaired) electrons. The second-order valence-corrected chi connectivity index (χ2v) is 5.31. The van der Waals surface area contributed by atoms with Crippen molar-refractivity contribution in [1.82, 2.24) is 20.4 Å². The molecule has 2 rings (SSSR count). The minimum Gasteiger partial charge on any atom is -0.444 e. The predicted molar refractivity (Wildman–Crippen MR) is 62.7 cm³/mol. The van der Waals surface area contributed by atoms with Crippen LogP contribution in [0.1, 0.15) is 26.6 Å². The molecular weight excluding hydrogens is 236 g/mol. The maximum absolute atomic E-state index is 11.7. The van der Waals surface area contributed by atoms with Gasteiger partial charge in [-0.25, -0.2) is 4.79 Å². The third kappa shape index (κ3) is 3.43. The lowest BCUT2D eigenvalue weighted by molar-refractivity contribution is 0.00511. The fourth-order valence-corrected chi connectivity index (χ4v) is 1.59. The van der Waals surface area contributed by atoms with Crippen molar-refractivity contribution in [2.75, 3.05) is 13.1 Å². The average molecular weight is 254 g/mol. The molecule has 1 aliphatic rings. The summed E-state index contributed by atoms with van der Waals surface area (Å²) in [5.74, 6) is 0.616. The molecule has 0 atom stereocenters. The Morgan fingerprint density at radius 3 is 2.89 bits per heavy atom. The van der Waals surface area contributed by atoms with Gasteiger partial charge in [0.05, 0.1) is 6.54 Å². The number of hydrogen-bond acceptors (Lipinski definition) is 6. The van der Waals surface area contributed by atoms with Crippen LogP contribution in [0, 0.1) is 0 Å². The topological polar surface area (TPSA) is 80.5 Å². The molecule has 0 saturated carbocycles. The lowest BCUT2D eigenvalue weighted by Crippen LogP contribution is -2.60. The molecular formula is C11H18N4O3. The van der Waals surface area contributed by atoms with E-state index in [2.05, 4.69) is 20.0 Å². The number of hydrogen-bond donors (Lipinski definition) is 1. The number of aromatic nitrogens is 2. The van der Waals surface area contributed by atoms with Gasteiger partial charge in [0.2, 0.25) is 6.39 Å². The maximum atomic E-state index is 11.7. The third-order valence-corrected chi connectivity index (χ3v) is 2.49. The summed E-state index contributed by atoms with van der Waals surface area (Å²) in [7, 11) is 0. The molecule has 7 heteroatoms. The van der Waals surface area contributed by atoms with Gasteiger partial charge in [-0.15, -0.1) is 0 Å². The minimum absolute atomic E-state index is 0.260. The molecule has 1 N–H and O–H groups in total. The molecule has 0 spiro atoms. The zero-order chi connectivity index (χ0) is 13.2. The Morgan fingerprint density at radius 2 is 2.33 bits per heavy atom. The van der Waals surface area contributed by atoms with E-state index in [0.717, 1.165) is 0 Å². The number of rotatable bonds is 3. The van der Waals surface area contributed by atoms with E-state index in [9.17, 15) is 4.79 Å². The van der Waals surface area contributed by atoms with Gasteiger partial charge < -0.3 is 19.5 Å². The van der Waals surface area contributed by atoms with Gasteiger partial charge in [0.15, 0.2) is 5.82 Å². The van der Waals surface area contributed by atoms with Gasteiger partial charge in [-0.3, -0.25) is 0 Å². The molecule has 1 aromatic heterocycles. The van der Waals surface area contributed by atoms with E-state index in [1.807, 2.05) is 20.8 Å². The van der Waals surface area contributed by atoms with Crippen molar-refractivity contribution >= 4 is 6.09 Å². The lowest BCUT2D eigenvalue weighted by Gasteiger charge is -2.40. The van der Waals surface area contributed by atoms with Crippen LogP contribution in [-0.4, -0.2) is 45.9 Å². The smallest absolute Gasteiger partial charge is 0.410 e. The minimum atomic E-state index is -0.444. The molecule has 100 valence electrons. The van der Waals surface area contributed by atoms with E-state index in [0.29, 0.717) is 25.5 Å². The van der Waals surface area contributed by atoms with Crippen LogP contribution in [0.3, 0.4) is 0 Å². The molecule has 0 bridgehead atoms. The van der Waals surface area contributed by atoms with Crippen LogP contribution in [0.15, 0.2) is 10.9 Å². The van der Waals surface area contributed by atoms with Crippen molar-refractivity contribution in [2.24, 2.45) is 0 Å². The zero-order valence-electron chi connectivity index (χ0n) is 10.8. The summed E-state index contributed by atoms with van der Waals surface area (Å²) in [4.78, 5) is 17.2. The number of nitrogens with one attached hydrogen (secondary N) is 1. The number of ether oxygens (including phenoxy) is 1. The first kappa shape index (κ1) is 12.8. The fourth-order valence-electron chi connectivity index (χ4n) is 1.59. The van der Waals surface area contributed by atoms with Gasteiger partial charge in [0, 0.05) is 19.1 Å². The maximum Gasteiger partial charge on any atom is 0.410 e. The Kier molecular flexibility index (Phi) is 3.51. The standard InChI is InChI=1S/C11H18N4O3/c1-11(2,3)18-10(16)15-5-8(6-15)12-4-9-13-7-17-14-9/h7-8,12H,4-6H2,1-3H3. The summed E-state index contributed by atoms with van der Waals surface area (Å²) in [5, 5.41) is 6.93. The second kappa shape index (κ2) is 4.93. The van der Waals surface area contributed by atoms with E-state index >= 15 is 0 Å². The molecule has 18 heavy (non-hydrogen) atoms. The molecule has 1 saturated heterocycles. The van der Waals surface area contributed by atoms with Crippen molar-refractivity contribution in [3.05, 3.63) is 12.2 Å². The Labute approximate surface area is 105 Å². The second-order valence-electron chi connectivity index (χ2n) is 5.31. The van der Waals surface area contributed by atoms with E-state index in [1.54, 1.807) is 4.90 Å². The van der Waals surface area contributed by atoms with Crippen LogP contribution in [0.25, 0.3) is 0 Å². The van der Waals surface area contributed by atoms with Crippen molar-refractivity contribution in [3.63, 3.8) is 0 Å². The highest BCUT2D eigenvalue weighted by Crippen LogP contribution is 2.15. The van der Waals surface area contributed by atoms with E-state index < -0.39 is 5.60 Å². The Bertz CT molecular complexity index is 393. The van der Waals surface area contributed by atoms with Crippen LogP contribution < -0.4 is 5.32 Å². The van der Waals surface area contributed by atoms with Gasteiger partial charge in [0.1, 0.15) is 5.60 Å². The zero-order valence-corrected chi connectivity index (χ0v) is 10.8. The van der Waals surface area contributed by atoms with Gasteiger partial charge >= 0.3 is 6.09 Å². The Morgan fingerprint density at radius 1 is 1.61 bits per heavy atom. The molecule has 0 unspecified atom stereocenters. The quantitative estimate of drug-likeness (QED) is 0.858. The first-order valence-corrected chi connectivity index (χ1v) is 5.90. The molecule has 0 aromatic carbocycles. The van der Waals surface area contributed by atoms with Crippen LogP contribution in [0.5, 0.6) is 0 Å². The fraction of sp³-hybridized carbons (Fsp3) is 0.727. The van der Waals surface area contributed by atoms with Crippen LogP contribution in [0.2, 0.25) is 0 Å². The highest BCUT2D eigenvalue weighted by atomic mass is 16.6. The van der Waals surface area contributed by atoms with E-state index in [4.69, 9.17) is 4.74 Å². The monoisotopic (exact) mass is 254 g/mol. The van der Waals surface area contributed by atoms with Gasteiger partial charge in [0.25, 0.3) is 0 Å². The third-order valence-electron chi connectivity index (χ3n) is 2.49. The molecule has 1 aromatic rings. The first-order chi connectivity index (χ1) is 8.44. The number of nitrogens with zero attached hydrogens (tertiary/aromatic N) is 3. The number of carbonyl (C=O) groups excluding carboxylic acids is 1. The van der Waals surface area contributed by atoms with Gasteiger partial charge in [-0.1, -0.05) is 5.16 Å².